The van der Waals surface area contributed by atoms with Crippen LogP contribution in [-0.2, 0) is 9.53 Å². The van der Waals surface area contributed by atoms with Crippen molar-refractivity contribution >= 4 is 5.97 Å². The van der Waals surface area contributed by atoms with Crippen LogP contribution in [0.5, 0.6) is 0 Å². The Morgan fingerprint density at radius 1 is 1.33 bits per heavy atom. The molecule has 2 heteroatoms. The Morgan fingerprint density at radius 3 is 1.67 bits per heavy atom. The van der Waals surface area contributed by atoms with Crippen LogP contribution in [0.4, 0.5) is 0 Å². The van der Waals surface area contributed by atoms with E-state index in [-0.39, 0.29) is 28.2 Å². The lowest BCUT2D eigenvalue weighted by molar-refractivity contribution is -0.140. The summed E-state index contributed by atoms with van der Waals surface area (Å²) in [6, 6.07) is 0. The first kappa shape index (κ1) is 23.7. The molecule has 0 aliphatic rings. The summed E-state index contributed by atoms with van der Waals surface area (Å²) >= 11 is 0. The summed E-state index contributed by atoms with van der Waals surface area (Å²) in [6.45, 7) is 3.65. The van der Waals surface area contributed by atoms with Crippen molar-refractivity contribution in [3.8, 4) is 0 Å². The maximum atomic E-state index is 9.82. The van der Waals surface area contributed by atoms with E-state index in [2.05, 4.69) is 4.74 Å². The molecule has 0 aromatic carbocycles. The highest BCUT2D eigenvalue weighted by Gasteiger charge is 1.81. The van der Waals surface area contributed by atoms with E-state index in [1.54, 1.807) is 6.92 Å². The molecule has 0 saturated carbocycles. The van der Waals surface area contributed by atoms with Gasteiger partial charge in [-0.2, -0.15) is 0 Å². The van der Waals surface area contributed by atoms with E-state index < -0.39 is 0 Å². The fraction of sp³-hybridized carbons (Fsp3) is 0.857. The molecule has 0 atom stereocenters. The molecule has 0 amide bonds. The highest BCUT2D eigenvalue weighted by molar-refractivity contribution is 5.65. The Balaban J connectivity index is -0.0000000417. The van der Waals surface area contributed by atoms with Crippen LogP contribution < -0.4 is 0 Å². The summed E-state index contributed by atoms with van der Waals surface area (Å²) in [5, 5.41) is 0. The highest BCUT2D eigenvalue weighted by Crippen LogP contribution is 1.69. The van der Waals surface area contributed by atoms with Crippen molar-refractivity contribution in [2.75, 3.05) is 6.61 Å². The van der Waals surface area contributed by atoms with Gasteiger partial charge in [-0.3, -0.25) is 4.79 Å². The third kappa shape index (κ3) is 36.6. The molecule has 0 saturated heterocycles. The number of esters is 1. The average Bonchev–Trinajstić information content (AvgIpc) is 1.35. The number of carbonyl (C=O) groups excluding carboxylic acids is 1. The molecule has 0 radical (unpaired) electrons. The minimum Gasteiger partial charge on any atom is -0.466 e. The van der Waals surface area contributed by atoms with Crippen LogP contribution in [0, 0.1) is 0 Å². The molecule has 0 aliphatic carbocycles. The van der Waals surface area contributed by atoms with Crippen molar-refractivity contribution in [1.29, 1.82) is 0 Å². The molecule has 0 aromatic rings. The minimum absolute atomic E-state index is 0. The quantitative estimate of drug-likeness (QED) is 0.518. The van der Waals surface area contributed by atoms with Gasteiger partial charge in [0.05, 0.1) is 6.61 Å². The lowest BCUT2D eigenvalue weighted by Crippen LogP contribution is -1.95. The Labute approximate surface area is 59.2 Å². The maximum Gasteiger partial charge on any atom is 0.302 e. The molecule has 0 fully saturated rings. The van der Waals surface area contributed by atoms with Crippen LogP contribution in [0.15, 0.2) is 0 Å². The van der Waals surface area contributed by atoms with E-state index >= 15 is 0 Å². The van der Waals surface area contributed by atoms with Gasteiger partial charge in [-0.05, 0) is 6.92 Å². The second-order valence-electron chi connectivity index (χ2n) is 0.925. The summed E-state index contributed by atoms with van der Waals surface area (Å²) in [5.41, 5.74) is 0. The smallest absolute Gasteiger partial charge is 0.302 e. The lowest BCUT2D eigenvalue weighted by Gasteiger charge is -1.89. The van der Waals surface area contributed by atoms with Gasteiger partial charge in [0.1, 0.15) is 0 Å². The predicted molar refractivity (Wildman–Crippen MR) is 42.5 cm³/mol. The van der Waals surface area contributed by atoms with E-state index in [0.717, 1.165) is 0 Å². The monoisotopic (exact) mass is 136 g/mol. The van der Waals surface area contributed by atoms with E-state index in [1.165, 1.54) is 6.92 Å². The summed E-state index contributed by atoms with van der Waals surface area (Å²) in [6.07, 6.45) is 0. The van der Waals surface area contributed by atoms with Crippen LogP contribution in [0.25, 0.3) is 0 Å². The third-order valence-corrected chi connectivity index (χ3v) is 0.348. The van der Waals surface area contributed by atoms with Crippen molar-refractivity contribution in [3.05, 3.63) is 0 Å². The highest BCUT2D eigenvalue weighted by atomic mass is 16.5. The first-order valence-electron chi connectivity index (χ1n) is 1.90. The summed E-state index contributed by atoms with van der Waals surface area (Å²) < 4.78 is 4.40. The number of carbonyl (C=O) groups is 1. The normalized spacial score (nSPS) is 5.11. The van der Waals surface area contributed by atoms with Gasteiger partial charge in [-0.25, -0.2) is 0 Å². The van der Waals surface area contributed by atoms with Crippen molar-refractivity contribution in [1.82, 2.24) is 0 Å². The van der Waals surface area contributed by atoms with Crippen LogP contribution in [0.1, 0.15) is 36.1 Å². The molecule has 0 unspecified atom stereocenters. The first-order valence-corrected chi connectivity index (χ1v) is 1.90. The minimum atomic E-state index is -0.211. The summed E-state index contributed by atoms with van der Waals surface area (Å²) in [4.78, 5) is 9.82. The predicted octanol–water partition coefficient (Wildman–Crippen LogP) is 2.48. The summed E-state index contributed by atoms with van der Waals surface area (Å²) in [7, 11) is 0. The SMILES string of the molecule is C.C.C.CCOC(C)=O. The molecule has 2 nitrogen and oxygen atoms in total. The van der Waals surface area contributed by atoms with Gasteiger partial charge in [0.25, 0.3) is 0 Å². The lowest BCUT2D eigenvalue weighted by atomic mass is 10.8. The second-order valence-corrected chi connectivity index (χ2v) is 0.925. The van der Waals surface area contributed by atoms with Gasteiger partial charge in [-0.15, -0.1) is 0 Å². The van der Waals surface area contributed by atoms with Crippen molar-refractivity contribution < 1.29 is 9.53 Å². The molecule has 9 heavy (non-hydrogen) atoms. The van der Waals surface area contributed by atoms with E-state index in [1.807, 2.05) is 0 Å². The molecule has 0 spiro atoms. The molecule has 0 N–H and O–H groups in total. The molecular weight excluding hydrogens is 116 g/mol. The second kappa shape index (κ2) is 15.6. The van der Waals surface area contributed by atoms with Crippen LogP contribution in [0.2, 0.25) is 0 Å². The van der Waals surface area contributed by atoms with Crippen LogP contribution in [0.3, 0.4) is 0 Å². The summed E-state index contributed by atoms with van der Waals surface area (Å²) in [5.74, 6) is -0.211. The molecule has 0 heterocycles. The van der Waals surface area contributed by atoms with E-state index in [4.69, 9.17) is 0 Å². The standard InChI is InChI=1S/C4H8O2.3CH4/c1-3-6-4(2)5;;;/h3H2,1-2H3;3*1H4. The first-order chi connectivity index (χ1) is 2.77. The molecule has 0 aliphatic heterocycles. The van der Waals surface area contributed by atoms with E-state index in [0.29, 0.717) is 6.61 Å². The zero-order valence-electron chi connectivity index (χ0n) is 4.02. The van der Waals surface area contributed by atoms with Gasteiger partial charge in [0.15, 0.2) is 0 Å². The Kier molecular flexibility index (Phi) is 41.1. The average molecular weight is 136 g/mol. The van der Waals surface area contributed by atoms with Crippen molar-refractivity contribution in [3.63, 3.8) is 0 Å². The fourth-order valence-electron chi connectivity index (χ4n) is 0.203. The topological polar surface area (TPSA) is 26.3 Å². The Morgan fingerprint density at radius 2 is 1.67 bits per heavy atom. The molecule has 60 valence electrons. The number of hydrogen-bond donors (Lipinski definition) is 0. The molecule has 0 aromatic heterocycles. The molecule has 0 rings (SSSR count). The Hall–Kier alpha value is -0.530. The molecule has 0 bridgehead atoms. The third-order valence-electron chi connectivity index (χ3n) is 0.348. The number of hydrogen-bond acceptors (Lipinski definition) is 2. The van der Waals surface area contributed by atoms with E-state index in [9.17, 15) is 4.79 Å². The largest absolute Gasteiger partial charge is 0.466 e. The van der Waals surface area contributed by atoms with Gasteiger partial charge < -0.3 is 4.74 Å². The fourth-order valence-corrected chi connectivity index (χ4v) is 0.203. The molecular formula is C7H20O2. The number of ether oxygens (including phenoxy) is 1. The van der Waals surface area contributed by atoms with Gasteiger partial charge in [0.2, 0.25) is 0 Å². The van der Waals surface area contributed by atoms with Crippen molar-refractivity contribution in [2.24, 2.45) is 0 Å². The van der Waals surface area contributed by atoms with Gasteiger partial charge >= 0.3 is 5.97 Å². The van der Waals surface area contributed by atoms with Gasteiger partial charge in [0, 0.05) is 6.92 Å². The zero-order chi connectivity index (χ0) is 4.99. The zero-order valence-corrected chi connectivity index (χ0v) is 4.02. The Bertz CT molecular complexity index is 50.9. The van der Waals surface area contributed by atoms with Gasteiger partial charge in [-0.1, -0.05) is 22.3 Å². The number of rotatable bonds is 1. The van der Waals surface area contributed by atoms with Crippen LogP contribution >= 0.6 is 0 Å². The van der Waals surface area contributed by atoms with Crippen LogP contribution in [-0.4, -0.2) is 12.6 Å². The maximum absolute atomic E-state index is 9.82. The van der Waals surface area contributed by atoms with Crippen molar-refractivity contribution in [2.45, 2.75) is 36.1 Å².